The standard InChI is InChI=1S/C14H11Br3N2O2/c15-8-3-9(16)12(18-6-8)7-19-11-5-14-13(4-10(11)17)20-1-2-21-14/h3-6,19H,1-2,7H2. The lowest BCUT2D eigenvalue weighted by atomic mass is 10.2. The summed E-state index contributed by atoms with van der Waals surface area (Å²) >= 11 is 10.4. The van der Waals surface area contributed by atoms with Crippen LogP contribution >= 0.6 is 47.8 Å². The number of fused-ring (bicyclic) bond motifs is 1. The van der Waals surface area contributed by atoms with E-state index < -0.39 is 0 Å². The van der Waals surface area contributed by atoms with Crippen LogP contribution in [0.1, 0.15) is 5.69 Å². The highest BCUT2D eigenvalue weighted by Crippen LogP contribution is 2.38. The van der Waals surface area contributed by atoms with Gasteiger partial charge in [-0.2, -0.15) is 0 Å². The summed E-state index contributed by atoms with van der Waals surface area (Å²) < 4.78 is 14.0. The van der Waals surface area contributed by atoms with Crippen LogP contribution in [0, 0.1) is 0 Å². The molecule has 0 fully saturated rings. The van der Waals surface area contributed by atoms with Gasteiger partial charge in [-0.3, -0.25) is 4.98 Å². The Bertz CT molecular complexity index is 680. The number of rotatable bonds is 3. The predicted octanol–water partition coefficient (Wildman–Crippen LogP) is 4.75. The van der Waals surface area contributed by atoms with Crippen LogP contribution in [0.25, 0.3) is 0 Å². The van der Waals surface area contributed by atoms with Crippen molar-refractivity contribution in [3.05, 3.63) is 43.5 Å². The normalized spacial score (nSPS) is 13.1. The third kappa shape index (κ3) is 3.52. The van der Waals surface area contributed by atoms with Crippen molar-refractivity contribution in [2.45, 2.75) is 6.54 Å². The summed E-state index contributed by atoms with van der Waals surface area (Å²) in [7, 11) is 0. The number of anilines is 1. The zero-order valence-electron chi connectivity index (χ0n) is 10.8. The Kier molecular flexibility index (Phi) is 4.71. The maximum absolute atomic E-state index is 5.59. The van der Waals surface area contributed by atoms with Gasteiger partial charge in [0.25, 0.3) is 0 Å². The minimum Gasteiger partial charge on any atom is -0.486 e. The number of ether oxygens (including phenoxy) is 2. The topological polar surface area (TPSA) is 43.4 Å². The predicted molar refractivity (Wildman–Crippen MR) is 92.1 cm³/mol. The lowest BCUT2D eigenvalue weighted by molar-refractivity contribution is 0.171. The van der Waals surface area contributed by atoms with Crippen LogP contribution < -0.4 is 14.8 Å². The van der Waals surface area contributed by atoms with Gasteiger partial charge in [-0.1, -0.05) is 0 Å². The zero-order valence-corrected chi connectivity index (χ0v) is 15.6. The second kappa shape index (κ2) is 6.54. The molecule has 0 spiro atoms. The molecule has 7 heteroatoms. The van der Waals surface area contributed by atoms with Crippen LogP contribution in [0.2, 0.25) is 0 Å². The first-order chi connectivity index (χ1) is 10.1. The molecule has 0 saturated heterocycles. The van der Waals surface area contributed by atoms with Crippen LogP contribution in [-0.2, 0) is 6.54 Å². The SMILES string of the molecule is Brc1cnc(CNc2cc3c(cc2Br)OCCO3)c(Br)c1. The second-order valence-corrected chi connectivity index (χ2v) is 7.04. The van der Waals surface area contributed by atoms with Crippen molar-refractivity contribution in [1.29, 1.82) is 0 Å². The van der Waals surface area contributed by atoms with E-state index in [1.807, 2.05) is 18.2 Å². The molecule has 0 radical (unpaired) electrons. The molecule has 1 aromatic carbocycles. The number of nitrogens with one attached hydrogen (secondary N) is 1. The van der Waals surface area contributed by atoms with Crippen molar-refractivity contribution < 1.29 is 9.47 Å². The molecule has 0 amide bonds. The highest BCUT2D eigenvalue weighted by Gasteiger charge is 2.15. The Morgan fingerprint density at radius 2 is 1.71 bits per heavy atom. The van der Waals surface area contributed by atoms with E-state index in [1.165, 1.54) is 0 Å². The Morgan fingerprint density at radius 1 is 1.00 bits per heavy atom. The quantitative estimate of drug-likeness (QED) is 0.691. The molecule has 1 N–H and O–H groups in total. The van der Waals surface area contributed by atoms with Crippen molar-refractivity contribution >= 4 is 53.5 Å². The Labute approximate surface area is 147 Å². The number of nitrogens with zero attached hydrogens (tertiary/aromatic N) is 1. The van der Waals surface area contributed by atoms with Gasteiger partial charge in [-0.15, -0.1) is 0 Å². The highest BCUT2D eigenvalue weighted by molar-refractivity contribution is 9.11. The fraction of sp³-hybridized carbons (Fsp3) is 0.214. The molecule has 1 aliphatic rings. The molecule has 0 aliphatic carbocycles. The van der Waals surface area contributed by atoms with Crippen molar-refractivity contribution in [2.75, 3.05) is 18.5 Å². The summed E-state index contributed by atoms with van der Waals surface area (Å²) in [5.74, 6) is 1.52. The molecule has 2 aromatic rings. The van der Waals surface area contributed by atoms with E-state index in [-0.39, 0.29) is 0 Å². The molecular weight excluding hydrogens is 468 g/mol. The number of benzene rings is 1. The second-order valence-electron chi connectivity index (χ2n) is 4.41. The van der Waals surface area contributed by atoms with Crippen LogP contribution in [0.15, 0.2) is 37.8 Å². The minimum atomic E-state index is 0.577. The number of hydrogen-bond acceptors (Lipinski definition) is 4. The Balaban J connectivity index is 1.78. The lowest BCUT2D eigenvalue weighted by Gasteiger charge is -2.20. The van der Waals surface area contributed by atoms with Crippen LogP contribution in [0.4, 0.5) is 5.69 Å². The van der Waals surface area contributed by atoms with Crippen molar-refractivity contribution in [3.8, 4) is 11.5 Å². The third-order valence-electron chi connectivity index (χ3n) is 2.96. The maximum atomic E-state index is 5.59. The molecule has 4 nitrogen and oxygen atoms in total. The Hall–Kier alpha value is -0.790. The van der Waals surface area contributed by atoms with Crippen molar-refractivity contribution in [1.82, 2.24) is 4.98 Å². The monoisotopic (exact) mass is 476 g/mol. The number of halogens is 3. The van der Waals surface area contributed by atoms with Gasteiger partial charge in [0.2, 0.25) is 0 Å². The van der Waals surface area contributed by atoms with Crippen LogP contribution in [0.5, 0.6) is 11.5 Å². The van der Waals surface area contributed by atoms with Gasteiger partial charge in [0, 0.05) is 31.7 Å². The van der Waals surface area contributed by atoms with Gasteiger partial charge in [0.05, 0.1) is 17.9 Å². The molecule has 2 heterocycles. The molecule has 0 saturated carbocycles. The van der Waals surface area contributed by atoms with Gasteiger partial charge in [0.15, 0.2) is 11.5 Å². The summed E-state index contributed by atoms with van der Waals surface area (Å²) in [4.78, 5) is 4.38. The zero-order chi connectivity index (χ0) is 14.8. The largest absolute Gasteiger partial charge is 0.486 e. The first kappa shape index (κ1) is 15.1. The summed E-state index contributed by atoms with van der Waals surface area (Å²) in [5, 5.41) is 3.35. The van der Waals surface area contributed by atoms with E-state index in [2.05, 4.69) is 58.1 Å². The summed E-state index contributed by atoms with van der Waals surface area (Å²) in [5.41, 5.74) is 1.87. The number of pyridine rings is 1. The van der Waals surface area contributed by atoms with E-state index in [9.17, 15) is 0 Å². The first-order valence-corrected chi connectivity index (χ1v) is 8.64. The summed E-state index contributed by atoms with van der Waals surface area (Å²) in [6.45, 7) is 1.77. The Morgan fingerprint density at radius 3 is 2.43 bits per heavy atom. The third-order valence-corrected chi connectivity index (χ3v) is 4.74. The van der Waals surface area contributed by atoms with Gasteiger partial charge in [0.1, 0.15) is 13.2 Å². The summed E-state index contributed by atoms with van der Waals surface area (Å²) in [6.07, 6.45) is 1.78. The fourth-order valence-corrected chi connectivity index (χ4v) is 3.54. The van der Waals surface area contributed by atoms with E-state index in [1.54, 1.807) is 6.20 Å². The van der Waals surface area contributed by atoms with Crippen LogP contribution in [-0.4, -0.2) is 18.2 Å². The molecular formula is C14H11Br3N2O2. The smallest absolute Gasteiger partial charge is 0.163 e. The van der Waals surface area contributed by atoms with Gasteiger partial charge < -0.3 is 14.8 Å². The molecule has 110 valence electrons. The molecule has 21 heavy (non-hydrogen) atoms. The van der Waals surface area contributed by atoms with E-state index >= 15 is 0 Å². The molecule has 0 unspecified atom stereocenters. The average molecular weight is 479 g/mol. The molecule has 3 rings (SSSR count). The summed E-state index contributed by atoms with van der Waals surface area (Å²) in [6, 6.07) is 5.83. The van der Waals surface area contributed by atoms with E-state index in [0.717, 1.165) is 36.3 Å². The van der Waals surface area contributed by atoms with Crippen molar-refractivity contribution in [3.63, 3.8) is 0 Å². The maximum Gasteiger partial charge on any atom is 0.163 e. The average Bonchev–Trinajstić information content (AvgIpc) is 2.46. The van der Waals surface area contributed by atoms with Gasteiger partial charge >= 0.3 is 0 Å². The first-order valence-electron chi connectivity index (χ1n) is 6.26. The van der Waals surface area contributed by atoms with Crippen LogP contribution in [0.3, 0.4) is 0 Å². The van der Waals surface area contributed by atoms with E-state index in [4.69, 9.17) is 9.47 Å². The highest BCUT2D eigenvalue weighted by atomic mass is 79.9. The van der Waals surface area contributed by atoms with E-state index in [0.29, 0.717) is 19.8 Å². The molecule has 1 aliphatic heterocycles. The van der Waals surface area contributed by atoms with Gasteiger partial charge in [-0.25, -0.2) is 0 Å². The fourth-order valence-electron chi connectivity index (χ4n) is 1.95. The molecule has 1 aromatic heterocycles. The molecule has 0 atom stereocenters. The number of aromatic nitrogens is 1. The van der Waals surface area contributed by atoms with Crippen molar-refractivity contribution in [2.24, 2.45) is 0 Å². The molecule has 0 bridgehead atoms. The number of hydrogen-bond donors (Lipinski definition) is 1. The minimum absolute atomic E-state index is 0.577. The van der Waals surface area contributed by atoms with Gasteiger partial charge in [-0.05, 0) is 53.9 Å². The lowest BCUT2D eigenvalue weighted by Crippen LogP contribution is -2.15.